The molecule has 1 rings (SSSR count). The summed E-state index contributed by atoms with van der Waals surface area (Å²) in [5, 5.41) is 1.05. The fraction of sp³-hybridized carbons (Fsp3) is 0.364. The molecule has 0 aliphatic heterocycles. The van der Waals surface area contributed by atoms with E-state index in [1.165, 1.54) is 0 Å². The molecule has 1 atom stereocenters. The smallest absolute Gasteiger partial charge is 0.323 e. The molecule has 1 aromatic carbocycles. The standard InChI is InChI=1S/C11H13Cl2NO2/c1-2-16-11(15)10(14)5-7-3-8(12)6-9(13)4-7/h3-4,6,10H,2,5,14H2,1H3. The van der Waals surface area contributed by atoms with E-state index in [-0.39, 0.29) is 0 Å². The van der Waals surface area contributed by atoms with Gasteiger partial charge in [0.2, 0.25) is 0 Å². The highest BCUT2D eigenvalue weighted by molar-refractivity contribution is 6.34. The first-order chi connectivity index (χ1) is 7.52. The zero-order valence-corrected chi connectivity index (χ0v) is 10.4. The number of benzene rings is 1. The van der Waals surface area contributed by atoms with Crippen molar-refractivity contribution in [2.24, 2.45) is 5.73 Å². The molecular weight excluding hydrogens is 249 g/mol. The van der Waals surface area contributed by atoms with Crippen LogP contribution in [0, 0.1) is 0 Å². The summed E-state index contributed by atoms with van der Waals surface area (Å²) in [6.07, 6.45) is 0.360. The molecule has 0 amide bonds. The van der Waals surface area contributed by atoms with Crippen molar-refractivity contribution in [3.63, 3.8) is 0 Å². The first kappa shape index (κ1) is 13.3. The van der Waals surface area contributed by atoms with Crippen molar-refractivity contribution in [3.8, 4) is 0 Å². The molecule has 3 nitrogen and oxygen atoms in total. The van der Waals surface area contributed by atoms with Crippen molar-refractivity contribution >= 4 is 29.2 Å². The number of halogens is 2. The molecule has 0 radical (unpaired) electrons. The molecule has 88 valence electrons. The van der Waals surface area contributed by atoms with E-state index < -0.39 is 12.0 Å². The summed E-state index contributed by atoms with van der Waals surface area (Å²) in [5.74, 6) is -0.418. The Morgan fingerprint density at radius 2 is 1.94 bits per heavy atom. The molecule has 0 heterocycles. The SMILES string of the molecule is CCOC(=O)C(N)Cc1cc(Cl)cc(Cl)c1. The molecule has 0 aromatic heterocycles. The van der Waals surface area contributed by atoms with E-state index in [0.29, 0.717) is 23.1 Å². The van der Waals surface area contributed by atoms with Crippen LogP contribution < -0.4 is 5.73 Å². The molecule has 0 aliphatic rings. The van der Waals surface area contributed by atoms with Gasteiger partial charge in [-0.05, 0) is 37.1 Å². The molecular formula is C11H13Cl2NO2. The van der Waals surface area contributed by atoms with E-state index in [4.69, 9.17) is 33.7 Å². The Labute approximate surface area is 104 Å². The summed E-state index contributed by atoms with van der Waals surface area (Å²) in [5.41, 5.74) is 6.49. The van der Waals surface area contributed by atoms with Crippen LogP contribution in [-0.4, -0.2) is 18.6 Å². The zero-order chi connectivity index (χ0) is 12.1. The summed E-state index contributed by atoms with van der Waals surface area (Å²) in [6, 6.07) is 4.40. The Morgan fingerprint density at radius 3 is 2.44 bits per heavy atom. The third-order valence-electron chi connectivity index (χ3n) is 1.97. The van der Waals surface area contributed by atoms with E-state index in [2.05, 4.69) is 0 Å². The predicted molar refractivity (Wildman–Crippen MR) is 64.8 cm³/mol. The molecule has 16 heavy (non-hydrogen) atoms. The Morgan fingerprint density at radius 1 is 1.38 bits per heavy atom. The summed E-state index contributed by atoms with van der Waals surface area (Å²) in [7, 11) is 0. The minimum atomic E-state index is -0.686. The molecule has 0 saturated carbocycles. The minimum Gasteiger partial charge on any atom is -0.465 e. The topological polar surface area (TPSA) is 52.3 Å². The molecule has 2 N–H and O–H groups in total. The van der Waals surface area contributed by atoms with E-state index in [0.717, 1.165) is 5.56 Å². The summed E-state index contributed by atoms with van der Waals surface area (Å²) >= 11 is 11.7. The Hall–Kier alpha value is -0.770. The number of nitrogens with two attached hydrogens (primary N) is 1. The average Bonchev–Trinajstić information content (AvgIpc) is 2.16. The quantitative estimate of drug-likeness (QED) is 0.848. The van der Waals surface area contributed by atoms with Gasteiger partial charge in [0.15, 0.2) is 0 Å². The Bertz CT molecular complexity index is 362. The maximum Gasteiger partial charge on any atom is 0.323 e. The van der Waals surface area contributed by atoms with Gasteiger partial charge in [0.25, 0.3) is 0 Å². The van der Waals surface area contributed by atoms with Crippen LogP contribution in [0.2, 0.25) is 10.0 Å². The molecule has 0 spiro atoms. The number of carbonyl (C=O) groups is 1. The fourth-order valence-corrected chi connectivity index (χ4v) is 1.89. The van der Waals surface area contributed by atoms with Crippen LogP contribution in [-0.2, 0) is 16.0 Å². The van der Waals surface area contributed by atoms with Crippen molar-refractivity contribution in [2.45, 2.75) is 19.4 Å². The molecule has 1 unspecified atom stereocenters. The number of ether oxygens (including phenoxy) is 1. The van der Waals surface area contributed by atoms with Gasteiger partial charge in [-0.25, -0.2) is 0 Å². The van der Waals surface area contributed by atoms with Crippen molar-refractivity contribution < 1.29 is 9.53 Å². The van der Waals surface area contributed by atoms with Crippen molar-refractivity contribution in [3.05, 3.63) is 33.8 Å². The normalized spacial score (nSPS) is 12.2. The van der Waals surface area contributed by atoms with Crippen molar-refractivity contribution in [1.29, 1.82) is 0 Å². The predicted octanol–water partition coefficient (Wildman–Crippen LogP) is 2.43. The zero-order valence-electron chi connectivity index (χ0n) is 8.87. The van der Waals surface area contributed by atoms with Crippen LogP contribution >= 0.6 is 23.2 Å². The number of carbonyl (C=O) groups excluding carboxylic acids is 1. The van der Waals surface area contributed by atoms with Crippen LogP contribution in [0.1, 0.15) is 12.5 Å². The molecule has 5 heteroatoms. The van der Waals surface area contributed by atoms with Gasteiger partial charge in [-0.15, -0.1) is 0 Å². The molecule has 0 aliphatic carbocycles. The molecule has 0 fully saturated rings. The Balaban J connectivity index is 2.69. The molecule has 0 bridgehead atoms. The Kier molecular flexibility index (Phi) is 5.06. The number of rotatable bonds is 4. The van der Waals surface area contributed by atoms with E-state index in [1.54, 1.807) is 25.1 Å². The first-order valence-corrected chi connectivity index (χ1v) is 5.65. The highest BCUT2D eigenvalue weighted by Gasteiger charge is 2.15. The molecule has 0 saturated heterocycles. The van der Waals surface area contributed by atoms with E-state index in [1.807, 2.05) is 0 Å². The third kappa shape index (κ3) is 4.00. The lowest BCUT2D eigenvalue weighted by molar-refractivity contribution is -0.144. The second-order valence-electron chi connectivity index (χ2n) is 3.34. The van der Waals surface area contributed by atoms with Crippen molar-refractivity contribution in [1.82, 2.24) is 0 Å². The number of esters is 1. The monoisotopic (exact) mass is 261 g/mol. The van der Waals surface area contributed by atoms with Gasteiger partial charge in [-0.1, -0.05) is 23.2 Å². The summed E-state index contributed by atoms with van der Waals surface area (Å²) in [6.45, 7) is 2.06. The maximum atomic E-state index is 11.3. The fourth-order valence-electron chi connectivity index (χ4n) is 1.32. The number of hydrogen-bond acceptors (Lipinski definition) is 3. The van der Waals surface area contributed by atoms with Crippen LogP contribution in [0.5, 0.6) is 0 Å². The average molecular weight is 262 g/mol. The second-order valence-corrected chi connectivity index (χ2v) is 4.21. The minimum absolute atomic E-state index is 0.322. The number of hydrogen-bond donors (Lipinski definition) is 1. The van der Waals surface area contributed by atoms with Crippen LogP contribution in [0.3, 0.4) is 0 Å². The van der Waals surface area contributed by atoms with Gasteiger partial charge in [0.1, 0.15) is 6.04 Å². The van der Waals surface area contributed by atoms with Gasteiger partial charge in [0, 0.05) is 10.0 Å². The highest BCUT2D eigenvalue weighted by atomic mass is 35.5. The van der Waals surface area contributed by atoms with Gasteiger partial charge in [-0.3, -0.25) is 4.79 Å². The lowest BCUT2D eigenvalue weighted by Crippen LogP contribution is -2.34. The lowest BCUT2D eigenvalue weighted by atomic mass is 10.1. The van der Waals surface area contributed by atoms with Gasteiger partial charge >= 0.3 is 5.97 Å². The van der Waals surface area contributed by atoms with Gasteiger partial charge in [-0.2, -0.15) is 0 Å². The van der Waals surface area contributed by atoms with Gasteiger partial charge in [0.05, 0.1) is 6.61 Å². The van der Waals surface area contributed by atoms with E-state index >= 15 is 0 Å². The van der Waals surface area contributed by atoms with Gasteiger partial charge < -0.3 is 10.5 Å². The van der Waals surface area contributed by atoms with Crippen LogP contribution in [0.4, 0.5) is 0 Å². The first-order valence-electron chi connectivity index (χ1n) is 4.90. The largest absolute Gasteiger partial charge is 0.465 e. The van der Waals surface area contributed by atoms with Crippen LogP contribution in [0.25, 0.3) is 0 Å². The third-order valence-corrected chi connectivity index (χ3v) is 2.40. The second kappa shape index (κ2) is 6.09. The lowest BCUT2D eigenvalue weighted by Gasteiger charge is -2.10. The summed E-state index contributed by atoms with van der Waals surface area (Å²) in [4.78, 5) is 11.3. The maximum absolute atomic E-state index is 11.3. The van der Waals surface area contributed by atoms with Crippen LogP contribution in [0.15, 0.2) is 18.2 Å². The van der Waals surface area contributed by atoms with Crippen molar-refractivity contribution in [2.75, 3.05) is 6.61 Å². The molecule has 1 aromatic rings. The highest BCUT2D eigenvalue weighted by Crippen LogP contribution is 2.19. The van der Waals surface area contributed by atoms with E-state index in [9.17, 15) is 4.79 Å². The summed E-state index contributed by atoms with van der Waals surface area (Å²) < 4.78 is 4.81.